The third kappa shape index (κ3) is 5.95. The molecule has 0 aliphatic heterocycles. The fraction of sp³-hybridized carbons (Fsp3) is 0.250. The van der Waals surface area contributed by atoms with Crippen molar-refractivity contribution in [3.63, 3.8) is 0 Å². The van der Waals surface area contributed by atoms with E-state index in [1.807, 2.05) is 43.3 Å². The first-order valence-electron chi connectivity index (χ1n) is 8.22. The number of likely N-dealkylation sites (N-methyl/N-ethyl adjacent to an activating group) is 1. The molecule has 0 radical (unpaired) electrons. The number of esters is 1. The van der Waals surface area contributed by atoms with Crippen LogP contribution in [0.1, 0.15) is 18.1 Å². The average molecular weight is 352 g/mol. The maximum absolute atomic E-state index is 12.2. The van der Waals surface area contributed by atoms with Gasteiger partial charge in [-0.15, -0.1) is 0 Å². The largest absolute Gasteiger partial charge is 0.482 e. The average Bonchev–Trinajstić information content (AvgIpc) is 2.69. The lowest BCUT2D eigenvalue weighted by atomic mass is 10.2. The highest BCUT2D eigenvalue weighted by Crippen LogP contribution is 2.11. The van der Waals surface area contributed by atoms with Gasteiger partial charge in [0.25, 0.3) is 5.91 Å². The standard InChI is InChI=1S/C20H20N2O4/c1-2-22(13-17-6-4-3-5-7-17)19(23)14-26-20(24)15-25-18-10-8-16(12-21)9-11-18/h3-11H,2,13-15H2,1H3. The van der Waals surface area contributed by atoms with Gasteiger partial charge >= 0.3 is 5.97 Å². The summed E-state index contributed by atoms with van der Waals surface area (Å²) in [6.07, 6.45) is 0. The molecule has 2 aromatic rings. The number of nitriles is 1. The van der Waals surface area contributed by atoms with Gasteiger partial charge in [-0.1, -0.05) is 30.3 Å². The monoisotopic (exact) mass is 352 g/mol. The van der Waals surface area contributed by atoms with E-state index >= 15 is 0 Å². The van der Waals surface area contributed by atoms with E-state index in [2.05, 4.69) is 0 Å². The summed E-state index contributed by atoms with van der Waals surface area (Å²) < 4.78 is 10.3. The van der Waals surface area contributed by atoms with Gasteiger partial charge in [-0.05, 0) is 36.8 Å². The number of hydrogen-bond donors (Lipinski definition) is 0. The van der Waals surface area contributed by atoms with Crippen LogP contribution in [0.5, 0.6) is 5.75 Å². The summed E-state index contributed by atoms with van der Waals surface area (Å²) in [7, 11) is 0. The molecule has 0 heterocycles. The molecule has 0 atom stereocenters. The van der Waals surface area contributed by atoms with Crippen molar-refractivity contribution in [1.82, 2.24) is 4.90 Å². The predicted octanol–water partition coefficient (Wildman–Crippen LogP) is 2.53. The van der Waals surface area contributed by atoms with Crippen molar-refractivity contribution in [3.8, 4) is 11.8 Å². The van der Waals surface area contributed by atoms with Crippen LogP contribution >= 0.6 is 0 Å². The van der Waals surface area contributed by atoms with Gasteiger partial charge in [0.1, 0.15) is 5.75 Å². The van der Waals surface area contributed by atoms with E-state index < -0.39 is 5.97 Å². The normalized spacial score (nSPS) is 9.85. The minimum atomic E-state index is -0.626. The number of rotatable bonds is 8. The SMILES string of the molecule is CCN(Cc1ccccc1)C(=O)COC(=O)COc1ccc(C#N)cc1. The Morgan fingerprint density at radius 2 is 1.73 bits per heavy atom. The lowest BCUT2D eigenvalue weighted by Crippen LogP contribution is -2.34. The molecule has 2 aromatic carbocycles. The molecule has 2 rings (SSSR count). The minimum absolute atomic E-state index is 0.261. The van der Waals surface area contributed by atoms with Crippen LogP contribution in [-0.2, 0) is 20.9 Å². The van der Waals surface area contributed by atoms with Crippen molar-refractivity contribution in [2.45, 2.75) is 13.5 Å². The summed E-state index contributed by atoms with van der Waals surface area (Å²) in [4.78, 5) is 25.6. The molecule has 1 amide bonds. The number of carbonyl (C=O) groups is 2. The second-order valence-electron chi connectivity index (χ2n) is 5.48. The lowest BCUT2D eigenvalue weighted by Gasteiger charge is -2.20. The van der Waals surface area contributed by atoms with Gasteiger partial charge in [-0.3, -0.25) is 4.79 Å². The van der Waals surface area contributed by atoms with Crippen LogP contribution < -0.4 is 4.74 Å². The van der Waals surface area contributed by atoms with Crippen LogP contribution in [0.15, 0.2) is 54.6 Å². The van der Waals surface area contributed by atoms with Crippen molar-refractivity contribution in [3.05, 3.63) is 65.7 Å². The van der Waals surface area contributed by atoms with Crippen LogP contribution in [-0.4, -0.2) is 36.5 Å². The first-order valence-corrected chi connectivity index (χ1v) is 8.22. The van der Waals surface area contributed by atoms with E-state index in [0.717, 1.165) is 5.56 Å². The van der Waals surface area contributed by atoms with Gasteiger partial charge in [-0.2, -0.15) is 5.26 Å². The minimum Gasteiger partial charge on any atom is -0.482 e. The highest BCUT2D eigenvalue weighted by molar-refractivity contribution is 5.81. The second kappa shape index (κ2) is 9.84. The lowest BCUT2D eigenvalue weighted by molar-refractivity contribution is -0.153. The topological polar surface area (TPSA) is 79.6 Å². The van der Waals surface area contributed by atoms with E-state index in [1.54, 1.807) is 29.2 Å². The summed E-state index contributed by atoms with van der Waals surface area (Å²) in [5.41, 5.74) is 1.52. The van der Waals surface area contributed by atoms with E-state index in [9.17, 15) is 9.59 Å². The Labute approximate surface area is 152 Å². The smallest absolute Gasteiger partial charge is 0.344 e. The molecule has 0 unspecified atom stereocenters. The Hall–Kier alpha value is -3.33. The molecule has 0 saturated carbocycles. The van der Waals surface area contributed by atoms with E-state index in [-0.39, 0.29) is 19.1 Å². The molecule has 0 aliphatic carbocycles. The van der Waals surface area contributed by atoms with Crippen LogP contribution in [0.4, 0.5) is 0 Å². The molecular formula is C20H20N2O4. The Morgan fingerprint density at radius 3 is 2.35 bits per heavy atom. The van der Waals surface area contributed by atoms with E-state index in [4.69, 9.17) is 14.7 Å². The second-order valence-corrected chi connectivity index (χ2v) is 5.48. The van der Waals surface area contributed by atoms with Crippen molar-refractivity contribution in [2.24, 2.45) is 0 Å². The zero-order valence-corrected chi connectivity index (χ0v) is 14.6. The van der Waals surface area contributed by atoms with Crippen LogP contribution in [0.3, 0.4) is 0 Å². The molecule has 6 heteroatoms. The molecule has 0 aliphatic rings. The fourth-order valence-electron chi connectivity index (χ4n) is 2.22. The summed E-state index contributed by atoms with van der Waals surface area (Å²) in [6.45, 7) is 2.24. The van der Waals surface area contributed by atoms with Gasteiger partial charge in [0.2, 0.25) is 0 Å². The number of nitrogens with zero attached hydrogens (tertiary/aromatic N) is 2. The molecule has 0 aromatic heterocycles. The molecule has 26 heavy (non-hydrogen) atoms. The molecule has 0 saturated heterocycles. The number of carbonyl (C=O) groups excluding carboxylic acids is 2. The number of ether oxygens (including phenoxy) is 2. The van der Waals surface area contributed by atoms with Gasteiger partial charge in [-0.25, -0.2) is 4.79 Å². The zero-order chi connectivity index (χ0) is 18.8. The highest BCUT2D eigenvalue weighted by atomic mass is 16.6. The van der Waals surface area contributed by atoms with Gasteiger partial charge < -0.3 is 14.4 Å². The van der Waals surface area contributed by atoms with Crippen LogP contribution in [0, 0.1) is 11.3 Å². The number of hydrogen-bond acceptors (Lipinski definition) is 5. The Bertz CT molecular complexity index is 767. The predicted molar refractivity (Wildman–Crippen MR) is 95.1 cm³/mol. The van der Waals surface area contributed by atoms with E-state index in [0.29, 0.717) is 24.4 Å². The summed E-state index contributed by atoms with van der Waals surface area (Å²) >= 11 is 0. The maximum Gasteiger partial charge on any atom is 0.344 e. The summed E-state index contributed by atoms with van der Waals surface area (Å²) in [6, 6.07) is 18.0. The quantitative estimate of drug-likeness (QED) is 0.682. The molecule has 6 nitrogen and oxygen atoms in total. The van der Waals surface area contributed by atoms with Crippen LogP contribution in [0.25, 0.3) is 0 Å². The molecule has 0 N–H and O–H groups in total. The fourth-order valence-corrected chi connectivity index (χ4v) is 2.22. The van der Waals surface area contributed by atoms with Crippen LogP contribution in [0.2, 0.25) is 0 Å². The number of amides is 1. The Balaban J connectivity index is 1.76. The van der Waals surface area contributed by atoms with Gasteiger partial charge in [0, 0.05) is 13.1 Å². The van der Waals surface area contributed by atoms with Gasteiger partial charge in [0.15, 0.2) is 13.2 Å². The molecular weight excluding hydrogens is 332 g/mol. The summed E-state index contributed by atoms with van der Waals surface area (Å²) in [5, 5.41) is 8.73. The van der Waals surface area contributed by atoms with Crippen molar-refractivity contribution >= 4 is 11.9 Å². The van der Waals surface area contributed by atoms with Crippen molar-refractivity contribution < 1.29 is 19.1 Å². The molecule has 0 spiro atoms. The third-order valence-electron chi connectivity index (χ3n) is 3.65. The first kappa shape index (κ1) is 19.0. The molecule has 0 bridgehead atoms. The molecule has 134 valence electrons. The van der Waals surface area contributed by atoms with Crippen molar-refractivity contribution in [2.75, 3.05) is 19.8 Å². The Kier molecular flexibility index (Phi) is 7.19. The number of benzene rings is 2. The summed E-state index contributed by atoms with van der Waals surface area (Å²) in [5.74, 6) is -0.437. The maximum atomic E-state index is 12.2. The highest BCUT2D eigenvalue weighted by Gasteiger charge is 2.15. The first-order chi connectivity index (χ1) is 12.6. The Morgan fingerprint density at radius 1 is 1.04 bits per heavy atom. The van der Waals surface area contributed by atoms with E-state index in [1.165, 1.54) is 0 Å². The molecule has 0 fully saturated rings. The zero-order valence-electron chi connectivity index (χ0n) is 14.6. The van der Waals surface area contributed by atoms with Gasteiger partial charge in [0.05, 0.1) is 11.6 Å². The van der Waals surface area contributed by atoms with Crippen molar-refractivity contribution in [1.29, 1.82) is 5.26 Å². The third-order valence-corrected chi connectivity index (χ3v) is 3.65.